The zero-order valence-electron chi connectivity index (χ0n) is 24.8. The molecule has 0 atom stereocenters. The van der Waals surface area contributed by atoms with Crippen molar-refractivity contribution in [2.75, 3.05) is 47.2 Å². The number of methoxy groups -OCH3 is 2. The van der Waals surface area contributed by atoms with E-state index < -0.39 is 0 Å². The number of halogens is 1. The average Bonchev–Trinajstić information content (AvgIpc) is 3.72. The van der Waals surface area contributed by atoms with Gasteiger partial charge in [0.05, 0.1) is 20.8 Å². The van der Waals surface area contributed by atoms with Gasteiger partial charge in [-0.2, -0.15) is 0 Å². The number of ether oxygens (including phenoxy) is 4. The number of nitrogens with zero attached hydrogens (tertiary/aromatic N) is 4. The molecule has 0 N–H and O–H groups in total. The van der Waals surface area contributed by atoms with Gasteiger partial charge in [-0.3, -0.25) is 14.6 Å². The van der Waals surface area contributed by atoms with Gasteiger partial charge in [0.15, 0.2) is 11.5 Å². The van der Waals surface area contributed by atoms with Gasteiger partial charge >= 0.3 is 0 Å². The predicted octanol–water partition coefficient (Wildman–Crippen LogP) is 5.19. The molecule has 0 radical (unpaired) electrons. The quantitative estimate of drug-likeness (QED) is 0.228. The Morgan fingerprint density at radius 3 is 2.45 bits per heavy atom. The minimum atomic E-state index is -0.269. The summed E-state index contributed by atoms with van der Waals surface area (Å²) in [6, 6.07) is 18.3. The van der Waals surface area contributed by atoms with Crippen molar-refractivity contribution in [2.45, 2.75) is 26.2 Å². The summed E-state index contributed by atoms with van der Waals surface area (Å²) < 4.78 is 35.5. The smallest absolute Gasteiger partial charge is 0.273 e. The van der Waals surface area contributed by atoms with Gasteiger partial charge in [-0.15, -0.1) is 11.3 Å². The van der Waals surface area contributed by atoms with Gasteiger partial charge in [0.1, 0.15) is 28.0 Å². The van der Waals surface area contributed by atoms with Crippen LogP contribution in [0, 0.1) is 5.82 Å². The Hall–Kier alpha value is -4.19. The van der Waals surface area contributed by atoms with E-state index in [1.165, 1.54) is 23.5 Å². The lowest BCUT2D eigenvalue weighted by Crippen LogP contribution is -2.48. The summed E-state index contributed by atoms with van der Waals surface area (Å²) in [4.78, 5) is 24.6. The largest absolute Gasteiger partial charge is 0.497 e. The van der Waals surface area contributed by atoms with E-state index >= 15 is 0 Å². The van der Waals surface area contributed by atoms with Gasteiger partial charge in [-0.1, -0.05) is 24.3 Å². The van der Waals surface area contributed by atoms with Gasteiger partial charge < -0.3 is 23.8 Å². The molecular formula is C33H35FN4O5S. The molecule has 0 aliphatic carbocycles. The van der Waals surface area contributed by atoms with Crippen LogP contribution < -0.4 is 18.9 Å². The Balaban J connectivity index is 1.09. The highest BCUT2D eigenvalue weighted by Gasteiger charge is 2.25. The fraction of sp³-hybridized carbons (Fsp3) is 0.333. The molecule has 0 saturated carbocycles. The highest BCUT2D eigenvalue weighted by atomic mass is 32.1. The fourth-order valence-corrected chi connectivity index (χ4v) is 6.29. The normalized spacial score (nSPS) is 14.7. The van der Waals surface area contributed by atoms with E-state index in [1.54, 1.807) is 26.4 Å². The third-order valence-corrected chi connectivity index (χ3v) is 8.67. The summed E-state index contributed by atoms with van der Waals surface area (Å²) in [5.41, 5.74) is 3.60. The third-order valence-electron chi connectivity index (χ3n) is 7.84. The molecule has 2 aliphatic rings. The fourth-order valence-electron chi connectivity index (χ4n) is 5.48. The van der Waals surface area contributed by atoms with Crippen LogP contribution in [-0.4, -0.2) is 72.8 Å². The Bertz CT molecular complexity index is 1590. The minimum absolute atomic E-state index is 0.0443. The van der Waals surface area contributed by atoms with Crippen molar-refractivity contribution in [1.82, 2.24) is 19.7 Å². The molecule has 1 aromatic heterocycles. The van der Waals surface area contributed by atoms with Crippen molar-refractivity contribution < 1.29 is 28.1 Å². The topological polar surface area (TPSA) is 76.6 Å². The number of carbonyl (C=O) groups is 1. The summed E-state index contributed by atoms with van der Waals surface area (Å²) in [5, 5.41) is 2.69. The average molecular weight is 619 g/mol. The number of hydrogen-bond donors (Lipinski definition) is 0. The minimum Gasteiger partial charge on any atom is -0.497 e. The maximum atomic E-state index is 13.6. The van der Waals surface area contributed by atoms with Crippen molar-refractivity contribution in [3.8, 4) is 23.0 Å². The molecule has 3 aromatic carbocycles. The Kier molecular flexibility index (Phi) is 9.25. The molecule has 1 saturated heterocycles. The molecule has 0 spiro atoms. The number of fused-ring (bicyclic) bond motifs is 1. The Morgan fingerprint density at radius 1 is 0.909 bits per heavy atom. The lowest BCUT2D eigenvalue weighted by Gasteiger charge is -2.34. The van der Waals surface area contributed by atoms with Crippen molar-refractivity contribution >= 4 is 17.2 Å². The van der Waals surface area contributed by atoms with E-state index in [9.17, 15) is 9.18 Å². The first-order valence-electron chi connectivity index (χ1n) is 14.5. The van der Waals surface area contributed by atoms with Gasteiger partial charge in [0, 0.05) is 62.8 Å². The van der Waals surface area contributed by atoms with Gasteiger partial charge in [0.2, 0.25) is 6.79 Å². The molecule has 4 aromatic rings. The molecular weight excluding hydrogens is 583 g/mol. The highest BCUT2D eigenvalue weighted by molar-refractivity contribution is 7.09. The number of aromatic nitrogens is 1. The van der Waals surface area contributed by atoms with Crippen molar-refractivity contribution in [3.05, 3.63) is 99.3 Å². The Labute approximate surface area is 260 Å². The van der Waals surface area contributed by atoms with Crippen LogP contribution in [0.15, 0.2) is 66.0 Å². The molecule has 6 rings (SSSR count). The number of hydrogen-bond acceptors (Lipinski definition) is 9. The first-order chi connectivity index (χ1) is 21.5. The second-order valence-corrected chi connectivity index (χ2v) is 11.8. The van der Waals surface area contributed by atoms with E-state index in [-0.39, 0.29) is 18.5 Å². The molecule has 1 fully saturated rings. The summed E-state index contributed by atoms with van der Waals surface area (Å²) in [6.45, 7) is 5.58. The zero-order chi connectivity index (χ0) is 30.5. The predicted molar refractivity (Wildman–Crippen MR) is 165 cm³/mol. The number of benzene rings is 3. The molecule has 9 nitrogen and oxygen atoms in total. The maximum Gasteiger partial charge on any atom is 0.273 e. The van der Waals surface area contributed by atoms with Gasteiger partial charge in [-0.05, 0) is 41.5 Å². The van der Waals surface area contributed by atoms with Crippen molar-refractivity contribution in [2.24, 2.45) is 0 Å². The highest BCUT2D eigenvalue weighted by Crippen LogP contribution is 2.33. The van der Waals surface area contributed by atoms with E-state index in [1.807, 2.05) is 40.6 Å². The monoisotopic (exact) mass is 618 g/mol. The van der Waals surface area contributed by atoms with E-state index in [0.717, 1.165) is 58.6 Å². The maximum absolute atomic E-state index is 13.6. The van der Waals surface area contributed by atoms with Crippen LogP contribution in [0.3, 0.4) is 0 Å². The molecule has 2 aliphatic heterocycles. The first-order valence-corrected chi connectivity index (χ1v) is 15.4. The number of piperazine rings is 1. The lowest BCUT2D eigenvalue weighted by atomic mass is 10.1. The molecule has 3 heterocycles. The second kappa shape index (κ2) is 13.6. The number of carbonyl (C=O) groups excluding carboxylic acids is 1. The zero-order valence-corrected chi connectivity index (χ0v) is 25.6. The van der Waals surface area contributed by atoms with Gasteiger partial charge in [-0.25, -0.2) is 9.37 Å². The standard InChI is InChI=1S/C33H35FN4O5S/c1-40-27-9-6-25(30(16-27)41-2)19-37(17-23-3-7-26(34)8-4-23)20-32-35-28(21-44-32)33(39)38-13-11-36(12-14-38)18-24-5-10-29-31(15-24)43-22-42-29/h3-10,15-16,21H,11-14,17-20,22H2,1-2H3. The SMILES string of the molecule is COc1ccc(CN(Cc2ccc(F)cc2)Cc2nc(C(=O)N3CCN(Cc4ccc5c(c4)OCO5)CC3)cs2)c(OC)c1. The lowest BCUT2D eigenvalue weighted by molar-refractivity contribution is 0.0623. The number of thiazole rings is 1. The van der Waals surface area contributed by atoms with Crippen LogP contribution in [0.25, 0.3) is 0 Å². The van der Waals surface area contributed by atoms with Crippen LogP contribution >= 0.6 is 11.3 Å². The van der Waals surface area contributed by atoms with Crippen molar-refractivity contribution in [3.63, 3.8) is 0 Å². The van der Waals surface area contributed by atoms with E-state index in [4.69, 9.17) is 23.9 Å². The van der Waals surface area contributed by atoms with Crippen LogP contribution in [-0.2, 0) is 26.2 Å². The van der Waals surface area contributed by atoms with E-state index in [2.05, 4.69) is 15.9 Å². The summed E-state index contributed by atoms with van der Waals surface area (Å²) in [5.74, 6) is 2.70. The van der Waals surface area contributed by atoms with Gasteiger partial charge in [0.25, 0.3) is 5.91 Å². The van der Waals surface area contributed by atoms with Crippen molar-refractivity contribution in [1.29, 1.82) is 0 Å². The molecule has 0 bridgehead atoms. The second-order valence-electron chi connectivity index (χ2n) is 10.8. The van der Waals surface area contributed by atoms with Crippen LogP contribution in [0.4, 0.5) is 4.39 Å². The summed E-state index contributed by atoms with van der Waals surface area (Å²) >= 11 is 1.48. The van der Waals surface area contributed by atoms with Crippen LogP contribution in [0.5, 0.6) is 23.0 Å². The molecule has 44 heavy (non-hydrogen) atoms. The van der Waals surface area contributed by atoms with Crippen LogP contribution in [0.2, 0.25) is 0 Å². The third kappa shape index (κ3) is 7.12. The van der Waals surface area contributed by atoms with Crippen LogP contribution in [0.1, 0.15) is 32.2 Å². The molecule has 230 valence electrons. The molecule has 0 unspecified atom stereocenters. The van der Waals surface area contributed by atoms with E-state index in [0.29, 0.717) is 44.2 Å². The number of amides is 1. The Morgan fingerprint density at radius 2 is 1.68 bits per heavy atom. The summed E-state index contributed by atoms with van der Waals surface area (Å²) in [7, 11) is 3.26. The first kappa shape index (κ1) is 29.9. The number of rotatable bonds is 11. The molecule has 11 heteroatoms. The summed E-state index contributed by atoms with van der Waals surface area (Å²) in [6.07, 6.45) is 0. The molecule has 1 amide bonds.